The third-order valence-corrected chi connectivity index (χ3v) is 11.8. The Hall–Kier alpha value is -1.92. The van der Waals surface area contributed by atoms with Gasteiger partial charge >= 0.3 is 5.97 Å². The minimum Gasteiger partial charge on any atom is -0.465 e. The minimum absolute atomic E-state index is 0.0461. The topological polar surface area (TPSA) is 104 Å². The van der Waals surface area contributed by atoms with Crippen molar-refractivity contribution in [2.24, 2.45) is 34.5 Å². The highest BCUT2D eigenvalue weighted by atomic mass is 32.2. The molecule has 7 nitrogen and oxygen atoms in total. The van der Waals surface area contributed by atoms with Crippen LogP contribution in [0.3, 0.4) is 0 Å². The molecule has 41 heavy (non-hydrogen) atoms. The number of carbonyl (C=O) groups excluding carboxylic acids is 3. The molecule has 0 radical (unpaired) electrons. The van der Waals surface area contributed by atoms with Gasteiger partial charge in [0.25, 0.3) is 0 Å². The van der Waals surface area contributed by atoms with Crippen LogP contribution in [0.5, 0.6) is 0 Å². The van der Waals surface area contributed by atoms with Crippen molar-refractivity contribution in [3.63, 3.8) is 0 Å². The number of aliphatic hydroxyl groups excluding tert-OH is 1. The van der Waals surface area contributed by atoms with Crippen LogP contribution in [-0.4, -0.2) is 69.1 Å². The second-order valence-corrected chi connectivity index (χ2v) is 14.3. The largest absolute Gasteiger partial charge is 0.465 e. The first-order valence-corrected chi connectivity index (χ1v) is 16.0. The van der Waals surface area contributed by atoms with Gasteiger partial charge in [0, 0.05) is 28.7 Å². The SMILES string of the molecule is CCOC(=O)CSC(=O)[C@H]1[C@H](CN(O)Cc2cccs2)CC2[C@@H]3C[C@H](F)C4=CC(=O)C=C[C@]4(C)[C@@]3(F)[C@@H](O)C[C@@]21C. The number of allylic oxidation sites excluding steroid dienone is 4. The standard InChI is InChI=1S/C30H37F2NO6S2/c1-4-39-25(36)16-41-27(37)26-17(14-33(38)15-19-6-5-9-40-19)10-20-21-12-23(31)22-11-18(34)7-8-29(22,3)30(21,32)24(35)13-28(20,26)2/h5-9,11,17,20-21,23-24,26,35,38H,4,10,12-16H2,1-3H3/t17-,20?,21-,23-,24-,26+,28-,29-,30-/m0/s1. The van der Waals surface area contributed by atoms with Gasteiger partial charge in [0.15, 0.2) is 16.6 Å². The fourth-order valence-electron chi connectivity index (χ4n) is 8.37. The van der Waals surface area contributed by atoms with Crippen LogP contribution in [0.15, 0.2) is 41.3 Å². The number of thioether (sulfide) groups is 1. The van der Waals surface area contributed by atoms with Gasteiger partial charge in [-0.15, -0.1) is 11.3 Å². The van der Waals surface area contributed by atoms with Crippen LogP contribution in [0.2, 0.25) is 0 Å². The van der Waals surface area contributed by atoms with Crippen LogP contribution in [0.4, 0.5) is 8.78 Å². The van der Waals surface area contributed by atoms with Crippen molar-refractivity contribution in [2.75, 3.05) is 18.9 Å². The summed E-state index contributed by atoms with van der Waals surface area (Å²) in [5.74, 6) is -3.63. The number of hydrogen-bond acceptors (Lipinski definition) is 9. The number of hydroxylamine groups is 2. The maximum atomic E-state index is 17.5. The van der Waals surface area contributed by atoms with Crippen LogP contribution in [0, 0.1) is 34.5 Å². The van der Waals surface area contributed by atoms with E-state index in [1.54, 1.807) is 13.8 Å². The maximum absolute atomic E-state index is 17.5. The number of aliphatic hydroxyl groups is 1. The molecule has 4 aliphatic carbocycles. The maximum Gasteiger partial charge on any atom is 0.316 e. The number of esters is 1. The Morgan fingerprint density at radius 2 is 2.02 bits per heavy atom. The number of alkyl halides is 2. The molecule has 1 unspecified atom stereocenters. The molecule has 0 saturated heterocycles. The van der Waals surface area contributed by atoms with E-state index < -0.39 is 64.2 Å². The third kappa shape index (κ3) is 5.05. The van der Waals surface area contributed by atoms with E-state index in [0.29, 0.717) is 6.42 Å². The highest BCUT2D eigenvalue weighted by Crippen LogP contribution is 2.70. The molecule has 0 spiro atoms. The number of rotatable bonds is 8. The summed E-state index contributed by atoms with van der Waals surface area (Å²) >= 11 is 2.33. The lowest BCUT2D eigenvalue weighted by Gasteiger charge is -2.62. The number of ketones is 1. The van der Waals surface area contributed by atoms with Crippen molar-refractivity contribution >= 4 is 40.0 Å². The Morgan fingerprint density at radius 3 is 2.71 bits per heavy atom. The van der Waals surface area contributed by atoms with Gasteiger partial charge in [-0.1, -0.05) is 30.8 Å². The first kappa shape index (κ1) is 30.5. The average Bonchev–Trinajstić information content (AvgIpc) is 3.51. The molecule has 0 bridgehead atoms. The fourth-order valence-corrected chi connectivity index (χ4v) is 10.1. The van der Waals surface area contributed by atoms with Crippen LogP contribution in [0.1, 0.15) is 44.9 Å². The van der Waals surface area contributed by atoms with Crippen molar-refractivity contribution in [1.82, 2.24) is 5.06 Å². The zero-order chi connectivity index (χ0) is 29.7. The van der Waals surface area contributed by atoms with Gasteiger partial charge in [0.05, 0.1) is 25.0 Å². The van der Waals surface area contributed by atoms with Crippen molar-refractivity contribution in [3.8, 4) is 0 Å². The summed E-state index contributed by atoms with van der Waals surface area (Å²) in [6.45, 7) is 5.65. The molecule has 1 aromatic heterocycles. The molecular formula is C30H37F2NO6S2. The highest BCUT2D eigenvalue weighted by molar-refractivity contribution is 8.14. The molecule has 3 saturated carbocycles. The van der Waals surface area contributed by atoms with Gasteiger partial charge in [-0.25, -0.2) is 8.78 Å². The van der Waals surface area contributed by atoms with Crippen LogP contribution >= 0.6 is 23.1 Å². The number of hydrogen-bond donors (Lipinski definition) is 2. The molecule has 1 aromatic rings. The van der Waals surface area contributed by atoms with Gasteiger partial charge in [-0.05, 0) is 79.5 Å². The summed E-state index contributed by atoms with van der Waals surface area (Å²) in [4.78, 5) is 38.9. The van der Waals surface area contributed by atoms with E-state index in [1.165, 1.54) is 23.5 Å². The molecule has 224 valence electrons. The quantitative estimate of drug-likeness (QED) is 0.316. The van der Waals surface area contributed by atoms with Crippen LogP contribution in [0.25, 0.3) is 0 Å². The molecule has 1 heterocycles. The lowest BCUT2D eigenvalue weighted by atomic mass is 9.45. The van der Waals surface area contributed by atoms with E-state index in [4.69, 9.17) is 4.74 Å². The zero-order valence-corrected chi connectivity index (χ0v) is 25.1. The monoisotopic (exact) mass is 609 g/mol. The van der Waals surface area contributed by atoms with E-state index >= 15 is 8.78 Å². The summed E-state index contributed by atoms with van der Waals surface area (Å²) in [5.41, 5.74) is -4.61. The number of fused-ring (bicyclic) bond motifs is 5. The smallest absolute Gasteiger partial charge is 0.316 e. The number of halogens is 2. The van der Waals surface area contributed by atoms with E-state index in [9.17, 15) is 24.7 Å². The summed E-state index contributed by atoms with van der Waals surface area (Å²) in [5, 5.41) is 25.2. The average molecular weight is 610 g/mol. The van der Waals surface area contributed by atoms with Gasteiger partial charge in [-0.2, -0.15) is 5.06 Å². The molecule has 4 aliphatic rings. The molecule has 0 aromatic carbocycles. The van der Waals surface area contributed by atoms with Crippen LogP contribution < -0.4 is 0 Å². The van der Waals surface area contributed by atoms with Gasteiger partial charge in [-0.3, -0.25) is 14.4 Å². The normalized spacial score (nSPS) is 39.6. The van der Waals surface area contributed by atoms with Crippen LogP contribution in [-0.2, 0) is 25.7 Å². The second-order valence-electron chi connectivity index (χ2n) is 12.3. The van der Waals surface area contributed by atoms with Crippen molar-refractivity contribution < 1.29 is 38.2 Å². The van der Waals surface area contributed by atoms with Crippen molar-refractivity contribution in [1.29, 1.82) is 0 Å². The second kappa shape index (κ2) is 11.3. The summed E-state index contributed by atoms with van der Waals surface area (Å²) in [6, 6.07) is 3.78. The lowest BCUT2D eigenvalue weighted by Crippen LogP contribution is -2.68. The van der Waals surface area contributed by atoms with Crippen molar-refractivity contribution in [2.45, 2.75) is 64.5 Å². The Kier molecular flexibility index (Phi) is 8.41. The summed E-state index contributed by atoms with van der Waals surface area (Å²) in [6.07, 6.45) is 0.799. The minimum atomic E-state index is -2.25. The van der Waals surface area contributed by atoms with E-state index in [1.807, 2.05) is 24.4 Å². The zero-order valence-electron chi connectivity index (χ0n) is 23.4. The predicted octanol–water partition coefficient (Wildman–Crippen LogP) is 4.92. The number of ether oxygens (including phenoxy) is 1. The number of thiophene rings is 1. The Labute approximate surface area is 247 Å². The highest BCUT2D eigenvalue weighted by Gasteiger charge is 2.73. The van der Waals surface area contributed by atoms with Gasteiger partial charge in [0.1, 0.15) is 6.17 Å². The predicted molar refractivity (Wildman–Crippen MR) is 152 cm³/mol. The molecule has 3 fully saturated rings. The molecule has 9 atom stereocenters. The van der Waals surface area contributed by atoms with E-state index in [-0.39, 0.29) is 49.0 Å². The third-order valence-electron chi connectivity index (χ3n) is 10.1. The Morgan fingerprint density at radius 1 is 1.27 bits per heavy atom. The summed E-state index contributed by atoms with van der Waals surface area (Å²) < 4.78 is 38.3. The molecular weight excluding hydrogens is 572 g/mol. The molecule has 0 aliphatic heterocycles. The first-order chi connectivity index (χ1) is 19.3. The number of nitrogens with zero attached hydrogens (tertiary/aromatic N) is 1. The van der Waals surface area contributed by atoms with Crippen molar-refractivity contribution in [3.05, 3.63) is 46.2 Å². The van der Waals surface area contributed by atoms with Gasteiger partial charge < -0.3 is 15.1 Å². The molecule has 5 rings (SSSR count). The van der Waals surface area contributed by atoms with E-state index in [2.05, 4.69) is 0 Å². The van der Waals surface area contributed by atoms with E-state index in [0.717, 1.165) is 27.8 Å². The van der Waals surface area contributed by atoms with Gasteiger partial charge in [0.2, 0.25) is 0 Å². The Bertz CT molecular complexity index is 1260. The fraction of sp³-hybridized carbons (Fsp3) is 0.633. The first-order valence-electron chi connectivity index (χ1n) is 14.1. The molecule has 11 heteroatoms. The summed E-state index contributed by atoms with van der Waals surface area (Å²) in [7, 11) is 0. The number of carbonyl (C=O) groups is 3. The Balaban J connectivity index is 1.49. The molecule has 2 N–H and O–H groups in total. The lowest BCUT2D eigenvalue weighted by molar-refractivity contribution is -0.201. The molecule has 0 amide bonds.